The van der Waals surface area contributed by atoms with Crippen LogP contribution in [0, 0.1) is 0 Å². The van der Waals surface area contributed by atoms with Crippen molar-refractivity contribution in [1.82, 2.24) is 25.6 Å². The molecule has 7 heteroatoms. The highest BCUT2D eigenvalue weighted by atomic mass is 16.5. The molecule has 0 aliphatic heterocycles. The van der Waals surface area contributed by atoms with Crippen molar-refractivity contribution >= 4 is 5.91 Å². The van der Waals surface area contributed by atoms with E-state index in [1.165, 1.54) is 0 Å². The molecule has 0 aliphatic carbocycles. The van der Waals surface area contributed by atoms with Gasteiger partial charge in [0.05, 0.1) is 12.3 Å². The Balaban J connectivity index is 2.19. The molecule has 102 valence electrons. The quantitative estimate of drug-likeness (QED) is 0.584. The molecular formula is C11H21N5O2. The van der Waals surface area contributed by atoms with Crippen molar-refractivity contribution in [2.24, 2.45) is 0 Å². The number of rotatable bonds is 9. The van der Waals surface area contributed by atoms with Crippen molar-refractivity contribution in [2.45, 2.75) is 25.9 Å². The van der Waals surface area contributed by atoms with E-state index < -0.39 is 0 Å². The predicted octanol–water partition coefficient (Wildman–Crippen LogP) is -0.460. The lowest BCUT2D eigenvalue weighted by Crippen LogP contribution is -2.18. The highest BCUT2D eigenvalue weighted by molar-refractivity contribution is 5.75. The number of carbonyl (C=O) groups is 1. The van der Waals surface area contributed by atoms with E-state index in [9.17, 15) is 4.79 Å². The zero-order valence-electron chi connectivity index (χ0n) is 11.0. The Morgan fingerprint density at radius 1 is 1.56 bits per heavy atom. The summed E-state index contributed by atoms with van der Waals surface area (Å²) in [5.74, 6) is 0.0524. The third-order valence-corrected chi connectivity index (χ3v) is 2.45. The number of hydrogen-bond acceptors (Lipinski definition) is 5. The Morgan fingerprint density at radius 3 is 3.11 bits per heavy atom. The van der Waals surface area contributed by atoms with Crippen LogP contribution in [0.1, 0.15) is 18.5 Å². The molecule has 0 saturated carbocycles. The van der Waals surface area contributed by atoms with Crippen LogP contribution in [-0.4, -0.2) is 48.2 Å². The van der Waals surface area contributed by atoms with Crippen molar-refractivity contribution in [1.29, 1.82) is 0 Å². The number of methoxy groups -OCH3 is 1. The first-order chi connectivity index (χ1) is 8.76. The summed E-state index contributed by atoms with van der Waals surface area (Å²) in [4.78, 5) is 11.0. The van der Waals surface area contributed by atoms with E-state index >= 15 is 0 Å². The average Bonchev–Trinajstić information content (AvgIpc) is 2.82. The van der Waals surface area contributed by atoms with E-state index in [0.29, 0.717) is 26.1 Å². The summed E-state index contributed by atoms with van der Waals surface area (Å²) in [6.07, 6.45) is 3.17. The van der Waals surface area contributed by atoms with Gasteiger partial charge in [-0.3, -0.25) is 9.48 Å². The Hall–Kier alpha value is -1.47. The topological polar surface area (TPSA) is 81.1 Å². The zero-order valence-corrected chi connectivity index (χ0v) is 11.0. The number of nitrogens with zero attached hydrogens (tertiary/aromatic N) is 3. The second-order valence-corrected chi connectivity index (χ2v) is 3.92. The van der Waals surface area contributed by atoms with Gasteiger partial charge in [-0.25, -0.2) is 0 Å². The Morgan fingerprint density at radius 2 is 2.39 bits per heavy atom. The highest BCUT2D eigenvalue weighted by Crippen LogP contribution is 1.97. The van der Waals surface area contributed by atoms with E-state index in [1.54, 1.807) is 18.8 Å². The fourth-order valence-corrected chi connectivity index (χ4v) is 1.45. The van der Waals surface area contributed by atoms with Gasteiger partial charge in [-0.05, 0) is 6.42 Å². The molecule has 0 atom stereocenters. The number of amides is 1. The van der Waals surface area contributed by atoms with Gasteiger partial charge in [-0.15, -0.1) is 5.10 Å². The Bertz CT molecular complexity index is 353. The van der Waals surface area contributed by atoms with E-state index in [2.05, 4.69) is 20.9 Å². The normalized spacial score (nSPS) is 10.6. The molecule has 1 rings (SSSR count). The summed E-state index contributed by atoms with van der Waals surface area (Å²) in [7, 11) is 3.31. The maximum atomic E-state index is 11.0. The van der Waals surface area contributed by atoms with Gasteiger partial charge in [0.1, 0.15) is 0 Å². The highest BCUT2D eigenvalue weighted by Gasteiger charge is 2.02. The molecule has 7 nitrogen and oxygen atoms in total. The summed E-state index contributed by atoms with van der Waals surface area (Å²) in [5, 5.41) is 13.8. The molecule has 0 aliphatic rings. The van der Waals surface area contributed by atoms with Gasteiger partial charge < -0.3 is 15.4 Å². The largest absolute Gasteiger partial charge is 0.383 e. The first kappa shape index (κ1) is 14.6. The number of ether oxygens (including phenoxy) is 1. The molecule has 0 unspecified atom stereocenters. The van der Waals surface area contributed by atoms with Crippen LogP contribution in [0.4, 0.5) is 0 Å². The molecule has 0 bridgehead atoms. The molecule has 1 aromatic rings. The lowest BCUT2D eigenvalue weighted by atomic mass is 10.3. The summed E-state index contributed by atoms with van der Waals surface area (Å²) in [5.41, 5.74) is 0.894. The van der Waals surface area contributed by atoms with Gasteiger partial charge in [-0.2, -0.15) is 0 Å². The monoisotopic (exact) mass is 255 g/mol. The first-order valence-electron chi connectivity index (χ1n) is 6.05. The molecule has 0 spiro atoms. The van der Waals surface area contributed by atoms with Gasteiger partial charge in [-0.1, -0.05) is 5.21 Å². The van der Waals surface area contributed by atoms with Crippen molar-refractivity contribution in [3.05, 3.63) is 11.9 Å². The molecule has 0 radical (unpaired) electrons. The smallest absolute Gasteiger partial charge is 0.219 e. The number of aromatic nitrogens is 3. The molecule has 0 saturated heterocycles. The summed E-state index contributed by atoms with van der Waals surface area (Å²) in [6.45, 7) is 2.86. The van der Waals surface area contributed by atoms with E-state index in [-0.39, 0.29) is 5.91 Å². The van der Waals surface area contributed by atoms with Crippen LogP contribution >= 0.6 is 0 Å². The van der Waals surface area contributed by atoms with Crippen molar-refractivity contribution in [3.8, 4) is 0 Å². The van der Waals surface area contributed by atoms with Gasteiger partial charge in [0.2, 0.25) is 5.91 Å². The summed E-state index contributed by atoms with van der Waals surface area (Å²) >= 11 is 0. The van der Waals surface area contributed by atoms with Gasteiger partial charge in [0, 0.05) is 46.4 Å². The number of hydrogen-bond donors (Lipinski definition) is 2. The Labute approximate surface area is 107 Å². The van der Waals surface area contributed by atoms with Gasteiger partial charge in [0.15, 0.2) is 0 Å². The van der Waals surface area contributed by atoms with Crippen molar-refractivity contribution in [2.75, 3.05) is 27.3 Å². The Kier molecular flexibility index (Phi) is 6.97. The third kappa shape index (κ3) is 5.74. The summed E-state index contributed by atoms with van der Waals surface area (Å²) in [6, 6.07) is 0. The van der Waals surface area contributed by atoms with Crippen LogP contribution in [0.25, 0.3) is 0 Å². The first-order valence-corrected chi connectivity index (χ1v) is 6.05. The second-order valence-electron chi connectivity index (χ2n) is 3.92. The molecular weight excluding hydrogens is 234 g/mol. The minimum absolute atomic E-state index is 0.0524. The van der Waals surface area contributed by atoms with Gasteiger partial charge in [0.25, 0.3) is 0 Å². The van der Waals surface area contributed by atoms with Crippen LogP contribution in [0.15, 0.2) is 6.20 Å². The van der Waals surface area contributed by atoms with Crippen LogP contribution < -0.4 is 10.6 Å². The predicted molar refractivity (Wildman–Crippen MR) is 66.9 cm³/mol. The van der Waals surface area contributed by atoms with E-state index in [4.69, 9.17) is 4.74 Å². The molecule has 0 fully saturated rings. The van der Waals surface area contributed by atoms with Crippen LogP contribution in [0.3, 0.4) is 0 Å². The standard InChI is InChI=1S/C11H21N5O2/c1-12-11(17)4-3-6-16-9-10(14-15-16)8-13-5-7-18-2/h9,13H,3-8H2,1-2H3,(H,12,17). The number of carbonyl (C=O) groups excluding carboxylic acids is 1. The van der Waals surface area contributed by atoms with Crippen LogP contribution in [0.2, 0.25) is 0 Å². The molecule has 18 heavy (non-hydrogen) atoms. The van der Waals surface area contributed by atoms with Crippen LogP contribution in [-0.2, 0) is 22.6 Å². The fraction of sp³-hybridized carbons (Fsp3) is 0.727. The molecule has 1 heterocycles. The fourth-order valence-electron chi connectivity index (χ4n) is 1.45. The van der Waals surface area contributed by atoms with Crippen molar-refractivity contribution < 1.29 is 9.53 Å². The minimum Gasteiger partial charge on any atom is -0.383 e. The average molecular weight is 255 g/mol. The van der Waals surface area contributed by atoms with E-state index in [0.717, 1.165) is 18.7 Å². The molecule has 2 N–H and O–H groups in total. The van der Waals surface area contributed by atoms with E-state index in [1.807, 2.05) is 6.20 Å². The maximum absolute atomic E-state index is 11.0. The molecule has 1 amide bonds. The minimum atomic E-state index is 0.0524. The second kappa shape index (κ2) is 8.60. The number of aryl methyl sites for hydroxylation is 1. The van der Waals surface area contributed by atoms with Gasteiger partial charge >= 0.3 is 0 Å². The maximum Gasteiger partial charge on any atom is 0.219 e. The third-order valence-electron chi connectivity index (χ3n) is 2.45. The summed E-state index contributed by atoms with van der Waals surface area (Å²) < 4.78 is 6.69. The SMILES string of the molecule is CNC(=O)CCCn1cc(CNCCOC)nn1. The van der Waals surface area contributed by atoms with Crippen LogP contribution in [0.5, 0.6) is 0 Å². The lowest BCUT2D eigenvalue weighted by molar-refractivity contribution is -0.120. The number of nitrogens with one attached hydrogen (secondary N) is 2. The molecule has 0 aromatic carbocycles. The van der Waals surface area contributed by atoms with Crippen molar-refractivity contribution in [3.63, 3.8) is 0 Å². The lowest BCUT2D eigenvalue weighted by Gasteiger charge is -2.00. The molecule has 1 aromatic heterocycles. The zero-order chi connectivity index (χ0) is 13.2.